The van der Waals surface area contributed by atoms with Crippen LogP contribution in [0.3, 0.4) is 0 Å². The Balaban J connectivity index is 2.08. The summed E-state index contributed by atoms with van der Waals surface area (Å²) in [5.41, 5.74) is 0.989. The van der Waals surface area contributed by atoms with Gasteiger partial charge in [-0.2, -0.15) is 0 Å². The Hall–Kier alpha value is -0.940. The monoisotopic (exact) mass is 197 g/mol. The molecule has 0 aromatic carbocycles. The molecule has 2 rings (SSSR count). The number of ether oxygens (including phenoxy) is 1. The van der Waals surface area contributed by atoms with Crippen LogP contribution >= 0.6 is 0 Å². The van der Waals surface area contributed by atoms with Gasteiger partial charge in [-0.1, -0.05) is 5.21 Å². The molecule has 0 radical (unpaired) electrons. The topological polar surface area (TPSA) is 60.2 Å². The maximum atomic E-state index is 9.01. The standard InChI is InChI=1S/C9H15N3O2/c1-12-8(5-10-11-12)9-4-2-3-7(6-13)14-9/h5,7,9,13H,2-4,6H2,1H3. The van der Waals surface area contributed by atoms with Crippen molar-refractivity contribution in [3.63, 3.8) is 0 Å². The van der Waals surface area contributed by atoms with Gasteiger partial charge in [0.25, 0.3) is 0 Å². The molecule has 0 bridgehead atoms. The smallest absolute Gasteiger partial charge is 0.101 e. The van der Waals surface area contributed by atoms with Gasteiger partial charge in [-0.25, -0.2) is 4.68 Å². The third kappa shape index (κ3) is 1.78. The largest absolute Gasteiger partial charge is 0.394 e. The molecule has 0 spiro atoms. The van der Waals surface area contributed by atoms with Gasteiger partial charge >= 0.3 is 0 Å². The molecule has 1 fully saturated rings. The lowest BCUT2D eigenvalue weighted by atomic mass is 10.0. The van der Waals surface area contributed by atoms with E-state index in [1.807, 2.05) is 7.05 Å². The van der Waals surface area contributed by atoms with E-state index in [4.69, 9.17) is 9.84 Å². The van der Waals surface area contributed by atoms with Crippen LogP contribution in [-0.4, -0.2) is 32.8 Å². The molecular formula is C9H15N3O2. The van der Waals surface area contributed by atoms with E-state index in [1.165, 1.54) is 0 Å². The van der Waals surface area contributed by atoms with Crippen LogP contribution in [0, 0.1) is 0 Å². The Labute approximate surface area is 82.7 Å². The minimum Gasteiger partial charge on any atom is -0.394 e. The quantitative estimate of drug-likeness (QED) is 0.746. The zero-order valence-corrected chi connectivity index (χ0v) is 8.26. The summed E-state index contributed by atoms with van der Waals surface area (Å²) >= 11 is 0. The third-order valence-corrected chi connectivity index (χ3v) is 2.63. The maximum Gasteiger partial charge on any atom is 0.101 e. The Morgan fingerprint density at radius 1 is 1.64 bits per heavy atom. The van der Waals surface area contributed by atoms with Gasteiger partial charge in [0.2, 0.25) is 0 Å². The highest BCUT2D eigenvalue weighted by atomic mass is 16.5. The molecule has 1 saturated heterocycles. The number of aliphatic hydroxyl groups is 1. The Bertz CT molecular complexity index is 300. The van der Waals surface area contributed by atoms with Crippen LogP contribution in [-0.2, 0) is 11.8 Å². The summed E-state index contributed by atoms with van der Waals surface area (Å²) in [4.78, 5) is 0. The van der Waals surface area contributed by atoms with Crippen molar-refractivity contribution >= 4 is 0 Å². The molecule has 2 heterocycles. The van der Waals surface area contributed by atoms with E-state index in [2.05, 4.69) is 10.3 Å². The van der Waals surface area contributed by atoms with Crippen LogP contribution in [0.4, 0.5) is 0 Å². The van der Waals surface area contributed by atoms with Crippen molar-refractivity contribution < 1.29 is 9.84 Å². The van der Waals surface area contributed by atoms with Crippen LogP contribution in [0.1, 0.15) is 31.1 Å². The SMILES string of the molecule is Cn1nncc1C1CCCC(CO)O1. The lowest BCUT2D eigenvalue weighted by molar-refractivity contribution is -0.0766. The van der Waals surface area contributed by atoms with Crippen molar-refractivity contribution in [2.24, 2.45) is 7.05 Å². The Kier molecular flexibility index (Phi) is 2.79. The van der Waals surface area contributed by atoms with Gasteiger partial charge in [-0.3, -0.25) is 0 Å². The minimum atomic E-state index is -0.0244. The van der Waals surface area contributed by atoms with Crippen molar-refractivity contribution in [1.29, 1.82) is 0 Å². The first-order valence-corrected chi connectivity index (χ1v) is 4.92. The molecule has 14 heavy (non-hydrogen) atoms. The van der Waals surface area contributed by atoms with Crippen LogP contribution < -0.4 is 0 Å². The predicted octanol–water partition coefficient (Wildman–Crippen LogP) is 0.418. The Morgan fingerprint density at radius 3 is 3.14 bits per heavy atom. The van der Waals surface area contributed by atoms with Gasteiger partial charge in [-0.15, -0.1) is 5.10 Å². The van der Waals surface area contributed by atoms with E-state index >= 15 is 0 Å². The number of hydrogen-bond acceptors (Lipinski definition) is 4. The van der Waals surface area contributed by atoms with Gasteiger partial charge in [0.05, 0.1) is 24.6 Å². The van der Waals surface area contributed by atoms with Gasteiger partial charge in [0.1, 0.15) is 6.10 Å². The van der Waals surface area contributed by atoms with Crippen LogP contribution in [0.5, 0.6) is 0 Å². The zero-order chi connectivity index (χ0) is 9.97. The first kappa shape index (κ1) is 9.61. The van der Waals surface area contributed by atoms with Gasteiger partial charge in [-0.05, 0) is 19.3 Å². The zero-order valence-electron chi connectivity index (χ0n) is 8.26. The van der Waals surface area contributed by atoms with Crippen molar-refractivity contribution in [1.82, 2.24) is 15.0 Å². The van der Waals surface area contributed by atoms with E-state index in [0.29, 0.717) is 0 Å². The summed E-state index contributed by atoms with van der Waals surface area (Å²) in [5.74, 6) is 0. The molecule has 78 valence electrons. The molecular weight excluding hydrogens is 182 g/mol. The number of nitrogens with zero attached hydrogens (tertiary/aromatic N) is 3. The second kappa shape index (κ2) is 4.06. The van der Waals surface area contributed by atoms with Gasteiger partial charge in [0.15, 0.2) is 0 Å². The third-order valence-electron chi connectivity index (χ3n) is 2.63. The average molecular weight is 197 g/mol. The summed E-state index contributed by atoms with van der Waals surface area (Å²) in [5, 5.41) is 16.7. The number of aliphatic hydroxyl groups excluding tert-OH is 1. The summed E-state index contributed by atoms with van der Waals surface area (Å²) in [7, 11) is 1.86. The first-order valence-electron chi connectivity index (χ1n) is 4.92. The molecule has 0 amide bonds. The lowest BCUT2D eigenvalue weighted by Crippen LogP contribution is -2.26. The van der Waals surface area contributed by atoms with E-state index in [1.54, 1.807) is 10.9 Å². The molecule has 0 saturated carbocycles. The summed E-state index contributed by atoms with van der Waals surface area (Å²) in [6, 6.07) is 0. The summed E-state index contributed by atoms with van der Waals surface area (Å²) < 4.78 is 7.44. The molecule has 5 nitrogen and oxygen atoms in total. The van der Waals surface area contributed by atoms with Gasteiger partial charge in [0, 0.05) is 7.05 Å². The van der Waals surface area contributed by atoms with E-state index in [0.717, 1.165) is 25.0 Å². The number of rotatable bonds is 2. The summed E-state index contributed by atoms with van der Waals surface area (Å²) in [6.45, 7) is 0.0990. The van der Waals surface area contributed by atoms with Gasteiger partial charge < -0.3 is 9.84 Å². The molecule has 1 N–H and O–H groups in total. The molecule has 1 aromatic rings. The molecule has 2 unspecified atom stereocenters. The average Bonchev–Trinajstić information content (AvgIpc) is 2.65. The highest BCUT2D eigenvalue weighted by Crippen LogP contribution is 2.29. The van der Waals surface area contributed by atoms with E-state index in [-0.39, 0.29) is 18.8 Å². The number of aryl methyl sites for hydroxylation is 1. The maximum absolute atomic E-state index is 9.01. The fraction of sp³-hybridized carbons (Fsp3) is 0.778. The highest BCUT2D eigenvalue weighted by Gasteiger charge is 2.25. The van der Waals surface area contributed by atoms with Crippen molar-refractivity contribution in [3.05, 3.63) is 11.9 Å². The normalized spacial score (nSPS) is 27.9. The predicted molar refractivity (Wildman–Crippen MR) is 49.6 cm³/mol. The van der Waals surface area contributed by atoms with Crippen LogP contribution in [0.15, 0.2) is 6.20 Å². The Morgan fingerprint density at radius 2 is 2.50 bits per heavy atom. The molecule has 1 aromatic heterocycles. The second-order valence-corrected chi connectivity index (χ2v) is 3.64. The van der Waals surface area contributed by atoms with Crippen molar-refractivity contribution in [3.8, 4) is 0 Å². The molecule has 0 aliphatic carbocycles. The molecule has 1 aliphatic heterocycles. The lowest BCUT2D eigenvalue weighted by Gasteiger charge is -2.28. The van der Waals surface area contributed by atoms with Crippen LogP contribution in [0.25, 0.3) is 0 Å². The minimum absolute atomic E-state index is 0.0244. The van der Waals surface area contributed by atoms with E-state index in [9.17, 15) is 0 Å². The molecule has 5 heteroatoms. The molecule has 2 atom stereocenters. The summed E-state index contributed by atoms with van der Waals surface area (Å²) in [6.07, 6.45) is 4.76. The highest BCUT2D eigenvalue weighted by molar-refractivity contribution is 5.00. The second-order valence-electron chi connectivity index (χ2n) is 3.64. The van der Waals surface area contributed by atoms with Crippen LogP contribution in [0.2, 0.25) is 0 Å². The fourth-order valence-corrected chi connectivity index (χ4v) is 1.84. The molecule has 1 aliphatic rings. The van der Waals surface area contributed by atoms with E-state index < -0.39 is 0 Å². The number of aromatic nitrogens is 3. The fourth-order valence-electron chi connectivity index (χ4n) is 1.84. The van der Waals surface area contributed by atoms with Crippen molar-refractivity contribution in [2.75, 3.05) is 6.61 Å². The van der Waals surface area contributed by atoms with Crippen molar-refractivity contribution in [2.45, 2.75) is 31.5 Å². The number of hydrogen-bond donors (Lipinski definition) is 1. The first-order chi connectivity index (χ1) is 6.81.